The van der Waals surface area contributed by atoms with Gasteiger partial charge in [-0.25, -0.2) is 4.79 Å². The van der Waals surface area contributed by atoms with Crippen LogP contribution in [0, 0.1) is 17.2 Å². The van der Waals surface area contributed by atoms with Gasteiger partial charge < -0.3 is 15.4 Å². The molecule has 0 aromatic heterocycles. The number of amides is 2. The molecule has 28 heavy (non-hydrogen) atoms. The molecule has 1 saturated heterocycles. The summed E-state index contributed by atoms with van der Waals surface area (Å²) in [5.41, 5.74) is 2.29. The largest absolute Gasteiger partial charge is 0.495 e. The normalized spacial score (nSPS) is 16.8. The van der Waals surface area contributed by atoms with Crippen molar-refractivity contribution < 1.29 is 9.53 Å². The maximum Gasteiger partial charge on any atom is 0.319 e. The lowest BCUT2D eigenvalue weighted by Crippen LogP contribution is -2.41. The number of rotatable bonds is 6. The van der Waals surface area contributed by atoms with Crippen LogP contribution in [0.5, 0.6) is 5.75 Å². The molecule has 146 valence electrons. The lowest BCUT2D eigenvalue weighted by molar-refractivity contribution is 0.166. The molecule has 1 aliphatic rings. The second-order valence-electron chi connectivity index (χ2n) is 7.09. The third-order valence-corrected chi connectivity index (χ3v) is 4.98. The predicted molar refractivity (Wildman–Crippen MR) is 109 cm³/mol. The van der Waals surface area contributed by atoms with E-state index in [1.54, 1.807) is 18.2 Å². The molecule has 6 heteroatoms. The van der Waals surface area contributed by atoms with E-state index in [2.05, 4.69) is 45.9 Å². The molecule has 0 radical (unpaired) electrons. The molecule has 6 nitrogen and oxygen atoms in total. The van der Waals surface area contributed by atoms with Crippen molar-refractivity contribution >= 4 is 11.7 Å². The van der Waals surface area contributed by atoms with Gasteiger partial charge in [0.25, 0.3) is 0 Å². The third-order valence-electron chi connectivity index (χ3n) is 4.98. The van der Waals surface area contributed by atoms with Crippen LogP contribution in [-0.4, -0.2) is 37.7 Å². The number of nitriles is 1. The summed E-state index contributed by atoms with van der Waals surface area (Å²) in [6.07, 6.45) is 2.26. The Morgan fingerprint density at radius 3 is 2.86 bits per heavy atom. The molecule has 2 aromatic rings. The van der Waals surface area contributed by atoms with E-state index < -0.39 is 0 Å². The molecular formula is C22H26N4O2. The number of carbonyl (C=O) groups excluding carboxylic acids is 1. The van der Waals surface area contributed by atoms with E-state index in [0.29, 0.717) is 29.5 Å². The molecule has 1 heterocycles. The lowest BCUT2D eigenvalue weighted by atomic mass is 9.97. The first-order valence-corrected chi connectivity index (χ1v) is 9.57. The highest BCUT2D eigenvalue weighted by Gasteiger charge is 2.20. The van der Waals surface area contributed by atoms with Crippen LogP contribution in [0.2, 0.25) is 0 Å². The van der Waals surface area contributed by atoms with Gasteiger partial charge in [-0.3, -0.25) is 4.90 Å². The highest BCUT2D eigenvalue weighted by atomic mass is 16.5. The Hall–Kier alpha value is -3.04. The molecule has 1 atom stereocenters. The highest BCUT2D eigenvalue weighted by Crippen LogP contribution is 2.22. The van der Waals surface area contributed by atoms with Gasteiger partial charge in [0.15, 0.2) is 0 Å². The first kappa shape index (κ1) is 19.7. The van der Waals surface area contributed by atoms with Crippen molar-refractivity contribution in [3.05, 3.63) is 59.7 Å². The zero-order valence-corrected chi connectivity index (χ0v) is 16.1. The molecule has 2 aromatic carbocycles. The van der Waals surface area contributed by atoms with Gasteiger partial charge in [0.2, 0.25) is 0 Å². The fraction of sp³-hybridized carbons (Fsp3) is 0.364. The first-order chi connectivity index (χ1) is 13.7. The van der Waals surface area contributed by atoms with E-state index in [4.69, 9.17) is 10.00 Å². The van der Waals surface area contributed by atoms with Crippen molar-refractivity contribution in [1.82, 2.24) is 10.2 Å². The molecule has 0 saturated carbocycles. The number of likely N-dealkylation sites (tertiary alicyclic amines) is 1. The molecule has 1 fully saturated rings. The van der Waals surface area contributed by atoms with Crippen molar-refractivity contribution in [2.75, 3.05) is 32.1 Å². The molecule has 1 unspecified atom stereocenters. The Morgan fingerprint density at radius 1 is 1.29 bits per heavy atom. The molecule has 1 aliphatic heterocycles. The summed E-state index contributed by atoms with van der Waals surface area (Å²) >= 11 is 0. The van der Waals surface area contributed by atoms with Crippen molar-refractivity contribution in [3.63, 3.8) is 0 Å². The Labute approximate surface area is 166 Å². The molecule has 0 spiro atoms. The summed E-state index contributed by atoms with van der Waals surface area (Å²) in [6.45, 7) is 3.67. The van der Waals surface area contributed by atoms with E-state index in [1.165, 1.54) is 12.7 Å². The number of urea groups is 1. The van der Waals surface area contributed by atoms with E-state index >= 15 is 0 Å². The predicted octanol–water partition coefficient (Wildman–Crippen LogP) is 3.60. The van der Waals surface area contributed by atoms with E-state index in [9.17, 15) is 4.79 Å². The summed E-state index contributed by atoms with van der Waals surface area (Å²) < 4.78 is 5.12. The van der Waals surface area contributed by atoms with E-state index in [0.717, 1.165) is 32.5 Å². The quantitative estimate of drug-likeness (QED) is 0.805. The standard InChI is InChI=1S/C22H26N4O2/c1-28-21-10-9-20(12-19(21)13-23)25-22(27)24-14-18-8-5-11-26(16-18)15-17-6-3-2-4-7-17/h2-4,6-7,9-10,12,18H,5,8,11,14-16H2,1H3,(H2,24,25,27). The van der Waals surface area contributed by atoms with Crippen LogP contribution in [0.25, 0.3) is 0 Å². The zero-order valence-electron chi connectivity index (χ0n) is 16.1. The molecule has 0 aliphatic carbocycles. The molecule has 2 N–H and O–H groups in total. The van der Waals surface area contributed by atoms with Gasteiger partial charge in [0.1, 0.15) is 11.8 Å². The number of nitrogens with one attached hydrogen (secondary N) is 2. The third kappa shape index (κ3) is 5.48. The Bertz CT molecular complexity index is 832. The number of methoxy groups -OCH3 is 1. The highest BCUT2D eigenvalue weighted by molar-refractivity contribution is 5.89. The first-order valence-electron chi connectivity index (χ1n) is 9.57. The van der Waals surface area contributed by atoms with Crippen LogP contribution in [0.15, 0.2) is 48.5 Å². The second-order valence-corrected chi connectivity index (χ2v) is 7.09. The maximum atomic E-state index is 12.2. The minimum absolute atomic E-state index is 0.255. The van der Waals surface area contributed by atoms with Crippen molar-refractivity contribution in [2.45, 2.75) is 19.4 Å². The average molecular weight is 378 g/mol. The van der Waals surface area contributed by atoms with Crippen molar-refractivity contribution in [2.24, 2.45) is 5.92 Å². The van der Waals surface area contributed by atoms with Gasteiger partial charge in [-0.05, 0) is 49.1 Å². The van der Waals surface area contributed by atoms with Crippen LogP contribution in [0.1, 0.15) is 24.0 Å². The SMILES string of the molecule is COc1ccc(NC(=O)NCC2CCCN(Cc3ccccc3)C2)cc1C#N. The fourth-order valence-electron chi connectivity index (χ4n) is 3.59. The smallest absolute Gasteiger partial charge is 0.319 e. The van der Waals surface area contributed by atoms with Crippen LogP contribution in [-0.2, 0) is 6.54 Å². The number of ether oxygens (including phenoxy) is 1. The molecule has 2 amide bonds. The van der Waals surface area contributed by atoms with Crippen LogP contribution in [0.3, 0.4) is 0 Å². The van der Waals surface area contributed by atoms with Crippen LogP contribution in [0.4, 0.5) is 10.5 Å². The lowest BCUT2D eigenvalue weighted by Gasteiger charge is -2.32. The van der Waals surface area contributed by atoms with Crippen molar-refractivity contribution in [3.8, 4) is 11.8 Å². The summed E-state index contributed by atoms with van der Waals surface area (Å²) in [6, 6.07) is 17.3. The minimum atomic E-state index is -0.255. The topological polar surface area (TPSA) is 77.4 Å². The number of hydrogen-bond donors (Lipinski definition) is 2. The maximum absolute atomic E-state index is 12.2. The summed E-state index contributed by atoms with van der Waals surface area (Å²) in [7, 11) is 1.52. The van der Waals surface area contributed by atoms with Gasteiger partial charge in [0, 0.05) is 25.3 Å². The Kier molecular flexibility index (Phi) is 6.88. The van der Waals surface area contributed by atoms with Gasteiger partial charge in [-0.15, -0.1) is 0 Å². The monoisotopic (exact) mass is 378 g/mol. The van der Waals surface area contributed by atoms with Crippen LogP contribution >= 0.6 is 0 Å². The van der Waals surface area contributed by atoms with Gasteiger partial charge >= 0.3 is 6.03 Å². The van der Waals surface area contributed by atoms with Gasteiger partial charge in [-0.1, -0.05) is 30.3 Å². The van der Waals surface area contributed by atoms with E-state index in [-0.39, 0.29) is 6.03 Å². The summed E-state index contributed by atoms with van der Waals surface area (Å²) in [5, 5.41) is 14.9. The summed E-state index contributed by atoms with van der Waals surface area (Å²) in [4.78, 5) is 14.7. The molecular weight excluding hydrogens is 352 g/mol. The van der Waals surface area contributed by atoms with Gasteiger partial charge in [0.05, 0.1) is 12.7 Å². The number of benzene rings is 2. The second kappa shape index (κ2) is 9.77. The minimum Gasteiger partial charge on any atom is -0.495 e. The van der Waals surface area contributed by atoms with Crippen molar-refractivity contribution in [1.29, 1.82) is 5.26 Å². The summed E-state index contributed by atoms with van der Waals surface area (Å²) in [5.74, 6) is 0.933. The zero-order chi connectivity index (χ0) is 19.8. The number of anilines is 1. The number of nitrogens with zero attached hydrogens (tertiary/aromatic N) is 2. The Balaban J connectivity index is 1.47. The Morgan fingerprint density at radius 2 is 2.11 bits per heavy atom. The number of piperidine rings is 1. The van der Waals surface area contributed by atoms with Crippen LogP contribution < -0.4 is 15.4 Å². The number of hydrogen-bond acceptors (Lipinski definition) is 4. The average Bonchev–Trinajstić information content (AvgIpc) is 2.73. The number of carbonyl (C=O) groups is 1. The van der Waals surface area contributed by atoms with Gasteiger partial charge in [-0.2, -0.15) is 5.26 Å². The molecule has 0 bridgehead atoms. The van der Waals surface area contributed by atoms with E-state index in [1.807, 2.05) is 6.07 Å². The molecule has 3 rings (SSSR count). The fourth-order valence-corrected chi connectivity index (χ4v) is 3.59.